The molecule has 6 nitrogen and oxygen atoms in total. The highest BCUT2D eigenvalue weighted by molar-refractivity contribution is 6.33. The Morgan fingerprint density at radius 3 is 2.58 bits per heavy atom. The van der Waals surface area contributed by atoms with Crippen LogP contribution in [-0.4, -0.2) is 44.8 Å². The summed E-state index contributed by atoms with van der Waals surface area (Å²) in [6, 6.07) is 12.6. The van der Waals surface area contributed by atoms with Gasteiger partial charge in [0.25, 0.3) is 5.91 Å². The van der Waals surface area contributed by atoms with Crippen LogP contribution in [0, 0.1) is 0 Å². The lowest BCUT2D eigenvalue weighted by Gasteiger charge is -2.40. The van der Waals surface area contributed by atoms with E-state index < -0.39 is 5.54 Å². The molecule has 0 fully saturated rings. The summed E-state index contributed by atoms with van der Waals surface area (Å²) in [5.74, 6) is -0.374. The predicted octanol–water partition coefficient (Wildman–Crippen LogP) is 4.61. The molecule has 4 rings (SSSR count). The number of hydrogen-bond acceptors (Lipinski definition) is 3. The molecular formula is C24H26ClN3O3. The van der Waals surface area contributed by atoms with E-state index in [2.05, 4.69) is 4.57 Å². The smallest absolute Gasteiger partial charge is 0.256 e. The maximum atomic E-state index is 13.6. The largest absolute Gasteiger partial charge is 0.472 e. The summed E-state index contributed by atoms with van der Waals surface area (Å²) in [6.07, 6.45) is 5.30. The standard InChI is InChI=1S/C24H26ClN3O3/c1-24(2,3)28(23(30)18-7-4-5-8-19(18)25)15-21(29)27-13-12-26-11-6-9-20(26)22(27)17-10-14-31-16-17/h4-11,14,16,22H,12-13,15H2,1-3H3. The molecule has 3 heterocycles. The Kier molecular flexibility index (Phi) is 5.67. The third-order valence-electron chi connectivity index (χ3n) is 5.67. The SMILES string of the molecule is CC(C)(C)N(CC(=O)N1CCn2cccc2C1c1ccoc1)C(=O)c1ccccc1Cl. The van der Waals surface area contributed by atoms with Crippen LogP contribution < -0.4 is 0 Å². The Morgan fingerprint density at radius 1 is 1.13 bits per heavy atom. The first-order chi connectivity index (χ1) is 14.8. The van der Waals surface area contributed by atoms with E-state index in [1.807, 2.05) is 50.1 Å². The second kappa shape index (κ2) is 8.27. The number of halogens is 1. The van der Waals surface area contributed by atoms with E-state index in [4.69, 9.17) is 16.0 Å². The number of hydrogen-bond donors (Lipinski definition) is 0. The maximum Gasteiger partial charge on any atom is 0.256 e. The minimum Gasteiger partial charge on any atom is -0.472 e. The van der Waals surface area contributed by atoms with Crippen molar-refractivity contribution in [3.63, 3.8) is 0 Å². The Labute approximate surface area is 187 Å². The van der Waals surface area contributed by atoms with Crippen LogP contribution in [0.5, 0.6) is 0 Å². The van der Waals surface area contributed by atoms with Crippen LogP contribution in [0.25, 0.3) is 0 Å². The van der Waals surface area contributed by atoms with Gasteiger partial charge in [0.05, 0.1) is 23.1 Å². The van der Waals surface area contributed by atoms with Gasteiger partial charge in [-0.2, -0.15) is 0 Å². The fourth-order valence-electron chi connectivity index (χ4n) is 4.05. The second-order valence-corrected chi connectivity index (χ2v) is 9.12. The van der Waals surface area contributed by atoms with E-state index >= 15 is 0 Å². The summed E-state index contributed by atoms with van der Waals surface area (Å²) in [6.45, 7) is 6.98. The molecule has 1 atom stereocenters. The number of amides is 2. The van der Waals surface area contributed by atoms with Crippen molar-refractivity contribution in [2.24, 2.45) is 0 Å². The van der Waals surface area contributed by atoms with Crippen LogP contribution in [0.15, 0.2) is 65.6 Å². The number of carbonyl (C=O) groups is 2. The molecule has 162 valence electrons. The minimum absolute atomic E-state index is 0.0391. The van der Waals surface area contributed by atoms with Crippen LogP contribution >= 0.6 is 11.6 Å². The van der Waals surface area contributed by atoms with Crippen LogP contribution in [0.2, 0.25) is 5.02 Å². The number of aromatic nitrogens is 1. The molecule has 0 N–H and O–H groups in total. The lowest BCUT2D eigenvalue weighted by Crippen LogP contribution is -2.53. The van der Waals surface area contributed by atoms with E-state index in [9.17, 15) is 9.59 Å². The molecule has 0 saturated carbocycles. The third kappa shape index (κ3) is 4.12. The summed E-state index contributed by atoms with van der Waals surface area (Å²) in [5.41, 5.74) is 1.77. The highest BCUT2D eigenvalue weighted by atomic mass is 35.5. The maximum absolute atomic E-state index is 13.6. The van der Waals surface area contributed by atoms with Gasteiger partial charge in [0.1, 0.15) is 12.6 Å². The molecule has 31 heavy (non-hydrogen) atoms. The predicted molar refractivity (Wildman–Crippen MR) is 119 cm³/mol. The molecule has 0 saturated heterocycles. The van der Waals surface area contributed by atoms with Gasteiger partial charge in [0.15, 0.2) is 0 Å². The molecule has 0 spiro atoms. The van der Waals surface area contributed by atoms with E-state index in [1.165, 1.54) is 0 Å². The highest BCUT2D eigenvalue weighted by Crippen LogP contribution is 2.33. The zero-order chi connectivity index (χ0) is 22.2. The van der Waals surface area contributed by atoms with Crippen LogP contribution in [0.4, 0.5) is 0 Å². The summed E-state index contributed by atoms with van der Waals surface area (Å²) >= 11 is 6.28. The number of rotatable bonds is 4. The lowest BCUT2D eigenvalue weighted by molar-refractivity contribution is -0.135. The molecule has 0 bridgehead atoms. The summed E-state index contributed by atoms with van der Waals surface area (Å²) in [7, 11) is 0. The van der Waals surface area contributed by atoms with E-state index in [1.54, 1.807) is 41.7 Å². The van der Waals surface area contributed by atoms with Gasteiger partial charge in [-0.25, -0.2) is 0 Å². The first kappa shape index (κ1) is 21.2. The molecule has 1 aromatic carbocycles. The molecule has 0 aliphatic carbocycles. The summed E-state index contributed by atoms with van der Waals surface area (Å²) in [5, 5.41) is 0.376. The van der Waals surface area contributed by atoms with Gasteiger partial charge >= 0.3 is 0 Å². The molecule has 1 aliphatic rings. The van der Waals surface area contributed by atoms with Gasteiger partial charge < -0.3 is 18.8 Å². The molecule has 3 aromatic rings. The van der Waals surface area contributed by atoms with E-state index in [0.717, 1.165) is 11.3 Å². The van der Waals surface area contributed by atoms with Gasteiger partial charge in [-0.3, -0.25) is 9.59 Å². The first-order valence-electron chi connectivity index (χ1n) is 10.3. The Morgan fingerprint density at radius 2 is 1.90 bits per heavy atom. The zero-order valence-corrected chi connectivity index (χ0v) is 18.7. The van der Waals surface area contributed by atoms with Crippen molar-refractivity contribution in [1.29, 1.82) is 0 Å². The van der Waals surface area contributed by atoms with Crippen molar-refractivity contribution in [1.82, 2.24) is 14.4 Å². The van der Waals surface area contributed by atoms with Crippen molar-refractivity contribution in [3.05, 3.63) is 83.0 Å². The third-order valence-corrected chi connectivity index (χ3v) is 6.00. The highest BCUT2D eigenvalue weighted by Gasteiger charge is 2.36. The lowest BCUT2D eigenvalue weighted by atomic mass is 10.0. The number of fused-ring (bicyclic) bond motifs is 1. The van der Waals surface area contributed by atoms with Crippen LogP contribution in [0.3, 0.4) is 0 Å². The number of furan rings is 1. The van der Waals surface area contributed by atoms with Crippen LogP contribution in [-0.2, 0) is 11.3 Å². The normalized spacial score (nSPS) is 16.1. The average molecular weight is 440 g/mol. The fraction of sp³-hybridized carbons (Fsp3) is 0.333. The number of carbonyl (C=O) groups excluding carboxylic acids is 2. The van der Waals surface area contributed by atoms with E-state index in [-0.39, 0.29) is 24.4 Å². The van der Waals surface area contributed by atoms with Crippen LogP contribution in [0.1, 0.15) is 48.4 Å². The number of benzene rings is 1. The van der Waals surface area contributed by atoms with Crippen molar-refractivity contribution >= 4 is 23.4 Å². The Hall–Kier alpha value is -2.99. The van der Waals surface area contributed by atoms with Crippen molar-refractivity contribution in [2.45, 2.75) is 38.9 Å². The molecule has 0 radical (unpaired) electrons. The zero-order valence-electron chi connectivity index (χ0n) is 17.9. The van der Waals surface area contributed by atoms with Gasteiger partial charge in [-0.1, -0.05) is 23.7 Å². The number of nitrogens with zero attached hydrogens (tertiary/aromatic N) is 3. The van der Waals surface area contributed by atoms with Gasteiger partial charge in [0, 0.05) is 36.1 Å². The molecule has 1 unspecified atom stereocenters. The monoisotopic (exact) mass is 439 g/mol. The van der Waals surface area contributed by atoms with Gasteiger partial charge in [0.2, 0.25) is 5.91 Å². The van der Waals surface area contributed by atoms with Crippen molar-refractivity contribution < 1.29 is 14.0 Å². The average Bonchev–Trinajstić information content (AvgIpc) is 3.42. The van der Waals surface area contributed by atoms with Crippen molar-refractivity contribution in [2.75, 3.05) is 13.1 Å². The molecule has 2 aromatic heterocycles. The second-order valence-electron chi connectivity index (χ2n) is 8.71. The molecule has 7 heteroatoms. The summed E-state index contributed by atoms with van der Waals surface area (Å²) < 4.78 is 7.46. The minimum atomic E-state index is -0.562. The topological polar surface area (TPSA) is 58.7 Å². The Balaban J connectivity index is 1.64. The Bertz CT molecular complexity index is 1080. The van der Waals surface area contributed by atoms with Crippen molar-refractivity contribution in [3.8, 4) is 0 Å². The molecule has 2 amide bonds. The van der Waals surface area contributed by atoms with Gasteiger partial charge in [-0.05, 0) is 51.1 Å². The molecule has 1 aliphatic heterocycles. The van der Waals surface area contributed by atoms with E-state index in [0.29, 0.717) is 23.7 Å². The summed E-state index contributed by atoms with van der Waals surface area (Å²) in [4.78, 5) is 30.3. The fourth-order valence-corrected chi connectivity index (χ4v) is 4.27. The van der Waals surface area contributed by atoms with Gasteiger partial charge in [-0.15, -0.1) is 0 Å². The quantitative estimate of drug-likeness (QED) is 0.596. The first-order valence-corrected chi connectivity index (χ1v) is 10.7. The molecular weight excluding hydrogens is 414 g/mol.